The monoisotopic (exact) mass is 999 g/mol. The minimum absolute atomic E-state index is 0.00313. The predicted octanol–water partition coefficient (Wildman–Crippen LogP) is 5.34. The molecule has 2 heterocycles. The summed E-state index contributed by atoms with van der Waals surface area (Å²) in [4.78, 5) is 27.9. The van der Waals surface area contributed by atoms with Crippen LogP contribution in [-0.2, 0) is 16.0 Å². The van der Waals surface area contributed by atoms with Crippen molar-refractivity contribution in [1.29, 1.82) is 0 Å². The SMILES string of the molecule is CCNCC1C(C2CCC3(C#CC(CC(O)C(O)CC(C4=CCNC(N)=C4)c4ccc5ccccc5c4)c4cc(O)c(OC)cc4CCC3=O)C(O)C2)C(CCCO)C2CNC3CC(=O)CC4CC(O)C1C2C43. The van der Waals surface area contributed by atoms with E-state index in [1.807, 2.05) is 18.2 Å². The quantitative estimate of drug-likeness (QED) is 0.0869. The molecule has 392 valence electrons. The van der Waals surface area contributed by atoms with Crippen molar-refractivity contribution in [2.45, 2.75) is 126 Å². The van der Waals surface area contributed by atoms with Crippen molar-refractivity contribution in [1.82, 2.24) is 16.0 Å². The molecule has 0 amide bonds. The van der Waals surface area contributed by atoms with Crippen LogP contribution in [0, 0.1) is 70.5 Å². The number of aliphatic hydroxyl groups excluding tert-OH is 5. The average molecular weight is 999 g/mol. The predicted molar refractivity (Wildman–Crippen MR) is 280 cm³/mol. The van der Waals surface area contributed by atoms with Crippen LogP contribution in [0.3, 0.4) is 0 Å². The van der Waals surface area contributed by atoms with E-state index in [4.69, 9.17) is 10.5 Å². The van der Waals surface area contributed by atoms with Gasteiger partial charge in [0, 0.05) is 50.3 Å². The van der Waals surface area contributed by atoms with Crippen molar-refractivity contribution in [2.75, 3.05) is 39.9 Å². The van der Waals surface area contributed by atoms with E-state index in [1.54, 1.807) is 12.1 Å². The van der Waals surface area contributed by atoms with E-state index in [2.05, 4.69) is 71.1 Å². The third kappa shape index (κ3) is 9.99. The number of Topliss-reactive ketones (excluding diaryl/α,β-unsaturated/α-hetero) is 2. The first-order valence-electron chi connectivity index (χ1n) is 27.5. The summed E-state index contributed by atoms with van der Waals surface area (Å²) in [5.41, 5.74) is 8.19. The van der Waals surface area contributed by atoms with E-state index >= 15 is 0 Å². The number of nitrogens with one attached hydrogen (secondary N) is 3. The van der Waals surface area contributed by atoms with Crippen molar-refractivity contribution >= 4 is 22.3 Å². The molecule has 10 rings (SSSR count). The molecule has 13 heteroatoms. The molecule has 13 nitrogen and oxygen atoms in total. The fourth-order valence-electron chi connectivity index (χ4n) is 16.0. The van der Waals surface area contributed by atoms with Gasteiger partial charge >= 0.3 is 0 Å². The topological polar surface area (TPSA) is 227 Å². The minimum Gasteiger partial charge on any atom is -0.504 e. The fourth-order valence-corrected chi connectivity index (χ4v) is 16.0. The molecule has 3 aromatic rings. The van der Waals surface area contributed by atoms with Crippen molar-refractivity contribution in [3.05, 3.63) is 94.8 Å². The summed E-state index contributed by atoms with van der Waals surface area (Å²) >= 11 is 0. The molecule has 0 aromatic heterocycles. The molecule has 5 fully saturated rings. The Morgan fingerprint density at radius 1 is 0.945 bits per heavy atom. The third-order valence-corrected chi connectivity index (χ3v) is 19.2. The first-order valence-corrected chi connectivity index (χ1v) is 27.5. The van der Waals surface area contributed by atoms with Crippen molar-refractivity contribution < 1.29 is 45.0 Å². The number of piperidine rings is 1. The Balaban J connectivity index is 0.956. The lowest BCUT2D eigenvalue weighted by atomic mass is 9.42. The average Bonchev–Trinajstić information content (AvgIpc) is 3.43. The zero-order valence-corrected chi connectivity index (χ0v) is 42.6. The molecule has 17 unspecified atom stereocenters. The zero-order chi connectivity index (χ0) is 51.1. The van der Waals surface area contributed by atoms with Gasteiger partial charge in [-0.3, -0.25) is 9.59 Å². The molecule has 4 saturated carbocycles. The number of aryl methyl sites for hydroxylation is 1. The maximum absolute atomic E-state index is 14.9. The smallest absolute Gasteiger partial charge is 0.160 e. The molecule has 3 aromatic carbocycles. The van der Waals surface area contributed by atoms with Gasteiger partial charge in [-0.05, 0) is 182 Å². The number of nitrogens with two attached hydrogens (primary N) is 1. The zero-order valence-electron chi connectivity index (χ0n) is 42.6. The van der Waals surface area contributed by atoms with Crippen LogP contribution in [0.15, 0.2) is 78.1 Å². The molecule has 5 aliphatic carbocycles. The molecule has 7 aliphatic rings. The summed E-state index contributed by atoms with van der Waals surface area (Å²) < 4.78 is 5.55. The molecule has 73 heavy (non-hydrogen) atoms. The van der Waals surface area contributed by atoms with Gasteiger partial charge < -0.3 is 57.1 Å². The Morgan fingerprint density at radius 2 is 1.77 bits per heavy atom. The maximum Gasteiger partial charge on any atom is 0.160 e. The van der Waals surface area contributed by atoms with Gasteiger partial charge in [-0.25, -0.2) is 0 Å². The first-order chi connectivity index (χ1) is 35.3. The van der Waals surface area contributed by atoms with Crippen LogP contribution < -0.4 is 26.4 Å². The molecule has 0 bridgehead atoms. The number of methoxy groups -OCH3 is 1. The lowest BCUT2D eigenvalue weighted by molar-refractivity contribution is -0.186. The van der Waals surface area contributed by atoms with Gasteiger partial charge in [0.05, 0.1) is 37.3 Å². The Kier molecular flexibility index (Phi) is 15.5. The second-order valence-corrected chi connectivity index (χ2v) is 22.9. The number of dihydropyridines is 1. The Labute approximate surface area is 430 Å². The van der Waals surface area contributed by atoms with Crippen LogP contribution in [0.25, 0.3) is 10.8 Å². The number of ketones is 2. The van der Waals surface area contributed by atoms with Gasteiger partial charge in [0.25, 0.3) is 0 Å². The summed E-state index contributed by atoms with van der Waals surface area (Å²) in [5, 5.41) is 83.5. The Bertz CT molecular complexity index is 2640. The highest BCUT2D eigenvalue weighted by Gasteiger charge is 2.63. The summed E-state index contributed by atoms with van der Waals surface area (Å²) in [6.07, 6.45) is 4.91. The van der Waals surface area contributed by atoms with Gasteiger partial charge in [-0.2, -0.15) is 0 Å². The Hall–Kier alpha value is -4.78. The number of phenols is 1. The fraction of sp³-hybridized carbons (Fsp3) is 0.600. The van der Waals surface area contributed by atoms with Gasteiger partial charge in [-0.15, -0.1) is 0 Å². The van der Waals surface area contributed by atoms with Gasteiger partial charge in [-0.1, -0.05) is 67.3 Å². The lowest BCUT2D eigenvalue weighted by Gasteiger charge is -2.65. The lowest BCUT2D eigenvalue weighted by Crippen LogP contribution is -2.69. The largest absolute Gasteiger partial charge is 0.504 e. The van der Waals surface area contributed by atoms with Crippen LogP contribution in [0.5, 0.6) is 11.5 Å². The summed E-state index contributed by atoms with van der Waals surface area (Å²) in [6, 6.07) is 17.8. The number of hydrogen-bond acceptors (Lipinski definition) is 13. The second kappa shape index (κ2) is 21.8. The normalized spacial score (nSPS) is 35.1. The molecule has 1 spiro atoms. The highest BCUT2D eigenvalue weighted by molar-refractivity contribution is 5.89. The van der Waals surface area contributed by atoms with E-state index in [1.165, 1.54) is 7.11 Å². The molecule has 17 atom stereocenters. The minimum atomic E-state index is -1.39. The van der Waals surface area contributed by atoms with Gasteiger partial charge in [0.15, 0.2) is 17.3 Å². The van der Waals surface area contributed by atoms with Gasteiger partial charge in [0.1, 0.15) is 11.2 Å². The Morgan fingerprint density at radius 3 is 2.53 bits per heavy atom. The highest BCUT2D eigenvalue weighted by atomic mass is 16.5. The van der Waals surface area contributed by atoms with Crippen LogP contribution in [0.4, 0.5) is 0 Å². The second-order valence-electron chi connectivity index (χ2n) is 22.9. The highest BCUT2D eigenvalue weighted by Crippen LogP contribution is 2.63. The van der Waals surface area contributed by atoms with Crippen molar-refractivity contribution in [2.24, 2.45) is 64.4 Å². The number of aromatic hydroxyl groups is 1. The summed E-state index contributed by atoms with van der Waals surface area (Å²) in [7, 11) is 1.48. The number of carbonyl (C=O) groups excluding carboxylic acids is 2. The van der Waals surface area contributed by atoms with Crippen molar-refractivity contribution in [3.63, 3.8) is 0 Å². The van der Waals surface area contributed by atoms with Crippen LogP contribution >= 0.6 is 0 Å². The van der Waals surface area contributed by atoms with E-state index < -0.39 is 35.7 Å². The van der Waals surface area contributed by atoms with E-state index in [0.29, 0.717) is 75.2 Å². The number of allylic oxidation sites excluding steroid dienone is 2. The summed E-state index contributed by atoms with van der Waals surface area (Å²) in [6.45, 7) is 4.97. The number of carbonyl (C=O) groups is 2. The van der Waals surface area contributed by atoms with Crippen molar-refractivity contribution in [3.8, 4) is 23.3 Å². The number of fused-ring (bicyclic) bond motifs is 2. The van der Waals surface area contributed by atoms with Crippen LogP contribution in [0.2, 0.25) is 0 Å². The molecule has 1 saturated heterocycles. The first kappa shape index (κ1) is 51.7. The van der Waals surface area contributed by atoms with Crippen LogP contribution in [-0.4, -0.2) is 113 Å². The number of ether oxygens (including phenoxy) is 1. The number of aliphatic hydroxyl groups is 5. The number of phenolic OH excluding ortho intramolecular Hbond substituents is 1. The maximum atomic E-state index is 14.9. The van der Waals surface area contributed by atoms with E-state index in [0.717, 1.165) is 53.5 Å². The standard InChI is InChI=1S/C60H78N4O9/c1-3-62-31-46-56(42(9-6-20-65)45-32-64-47-28-41(66)22-40-24-51(70)58(46)59(45)57(40)47)39-15-18-60(54(72)26-39)17-14-37(44-30-50(69)52(73-2)25-36(44)12-13-53(60)71)23-48(67)49(68)29-43(38-16-19-63-55(61)27-38)35-11-10-33-7-4-5-8-34(33)21-35/h4-5,7-8,10-11,16,21,25,27,30,37,39-40,42-43,45-49,51,54,56-59,62-65,67-70,72H,3,6,9,12-13,15,18-20,22-24,26,28-29,31-32,61H2,1-2H3. The third-order valence-electron chi connectivity index (χ3n) is 19.2. The molecule has 2 aliphatic heterocycles. The number of rotatable bonds is 15. The van der Waals surface area contributed by atoms with E-state index in [9.17, 15) is 40.2 Å². The van der Waals surface area contributed by atoms with E-state index in [-0.39, 0.29) is 108 Å². The van der Waals surface area contributed by atoms with Crippen LogP contribution in [0.1, 0.15) is 106 Å². The molecular formula is C60H78N4O9. The molecular weight excluding hydrogens is 921 g/mol. The number of hydrogen-bond donors (Lipinski definition) is 10. The molecule has 0 radical (unpaired) electrons. The molecule has 11 N–H and O–H groups in total. The summed E-state index contributed by atoms with van der Waals surface area (Å²) in [5.74, 6) is 8.06. The number of benzene rings is 3. The van der Waals surface area contributed by atoms with Gasteiger partial charge in [0.2, 0.25) is 0 Å².